The van der Waals surface area contributed by atoms with Crippen LogP contribution < -0.4 is 9.47 Å². The van der Waals surface area contributed by atoms with Crippen LogP contribution in [-0.2, 0) is 17.8 Å². The second-order valence-electron chi connectivity index (χ2n) is 6.93. The van der Waals surface area contributed by atoms with E-state index in [2.05, 4.69) is 0 Å². The van der Waals surface area contributed by atoms with Crippen molar-refractivity contribution in [3.8, 4) is 11.5 Å². The quantitative estimate of drug-likeness (QED) is 0.682. The van der Waals surface area contributed by atoms with Crippen molar-refractivity contribution in [1.82, 2.24) is 9.47 Å². The predicted molar refractivity (Wildman–Crippen MR) is 108 cm³/mol. The van der Waals surface area contributed by atoms with Crippen LogP contribution in [0.3, 0.4) is 0 Å². The maximum Gasteiger partial charge on any atom is 0.250 e. The van der Waals surface area contributed by atoms with Gasteiger partial charge in [-0.15, -0.1) is 0 Å². The summed E-state index contributed by atoms with van der Waals surface area (Å²) in [5, 5.41) is 0. The Morgan fingerprint density at radius 3 is 2.21 bits per heavy atom. The van der Waals surface area contributed by atoms with Crippen LogP contribution in [0.1, 0.15) is 22.7 Å². The van der Waals surface area contributed by atoms with Gasteiger partial charge in [-0.1, -0.05) is 30.3 Å². The molecule has 2 heterocycles. The molecule has 4 rings (SSSR count). The number of hydrogen-bond acceptors (Lipinski definition) is 3. The number of aromatic nitrogens is 1. The highest BCUT2D eigenvalue weighted by atomic mass is 16.5. The predicted octanol–water partition coefficient (Wildman–Crippen LogP) is 3.68. The summed E-state index contributed by atoms with van der Waals surface area (Å²) in [6.07, 6.45) is 4.69. The van der Waals surface area contributed by atoms with Gasteiger partial charge in [0.25, 0.3) is 5.91 Å². The lowest BCUT2D eigenvalue weighted by Gasteiger charge is -2.33. The number of hydrogen-bond donors (Lipinski definition) is 0. The molecular weight excluding hydrogens is 352 g/mol. The van der Waals surface area contributed by atoms with Crippen molar-refractivity contribution in [2.75, 3.05) is 20.8 Å². The average Bonchev–Trinajstić information content (AvgIpc) is 3.27. The molecule has 1 atom stereocenters. The maximum atomic E-state index is 13.5. The molecule has 0 fully saturated rings. The number of benzene rings is 2. The molecular formula is C23H24N2O3. The molecule has 1 aromatic heterocycles. The van der Waals surface area contributed by atoms with Gasteiger partial charge in [0.2, 0.25) is 0 Å². The highest BCUT2D eigenvalue weighted by molar-refractivity contribution is 5.84. The van der Waals surface area contributed by atoms with Gasteiger partial charge in [0.15, 0.2) is 11.5 Å². The standard InChI is InChI=1S/C23H24N2O3/c1-27-20-14-18-10-13-25(16-19(18)15-21(20)28-2)23(26)22(24-11-6-7-12-24)17-8-4-3-5-9-17/h3-9,11-12,14-15,22H,10,13,16H2,1-2H3/t22-/m1/s1. The van der Waals surface area contributed by atoms with E-state index in [0.29, 0.717) is 18.8 Å². The number of fused-ring (bicyclic) bond motifs is 1. The monoisotopic (exact) mass is 376 g/mol. The van der Waals surface area contributed by atoms with Gasteiger partial charge in [0.1, 0.15) is 6.04 Å². The third kappa shape index (κ3) is 3.36. The summed E-state index contributed by atoms with van der Waals surface area (Å²) in [5.74, 6) is 1.53. The summed E-state index contributed by atoms with van der Waals surface area (Å²) in [4.78, 5) is 15.5. The van der Waals surface area contributed by atoms with E-state index >= 15 is 0 Å². The number of nitrogens with zero attached hydrogens (tertiary/aromatic N) is 2. The first-order valence-electron chi connectivity index (χ1n) is 9.41. The van der Waals surface area contributed by atoms with Gasteiger partial charge in [-0.25, -0.2) is 0 Å². The van der Waals surface area contributed by atoms with Crippen LogP contribution in [0.4, 0.5) is 0 Å². The zero-order valence-electron chi connectivity index (χ0n) is 16.2. The van der Waals surface area contributed by atoms with E-state index in [9.17, 15) is 4.79 Å². The van der Waals surface area contributed by atoms with Crippen LogP contribution in [0, 0.1) is 0 Å². The molecule has 28 heavy (non-hydrogen) atoms. The molecule has 0 saturated carbocycles. The summed E-state index contributed by atoms with van der Waals surface area (Å²) in [6.45, 7) is 1.26. The molecule has 0 spiro atoms. The topological polar surface area (TPSA) is 43.7 Å². The maximum absolute atomic E-state index is 13.5. The van der Waals surface area contributed by atoms with E-state index < -0.39 is 0 Å². The van der Waals surface area contributed by atoms with Gasteiger partial charge in [-0.05, 0) is 47.4 Å². The smallest absolute Gasteiger partial charge is 0.250 e. The zero-order valence-corrected chi connectivity index (χ0v) is 16.2. The Hall–Kier alpha value is -3.21. The fourth-order valence-corrected chi connectivity index (χ4v) is 3.84. The molecule has 0 saturated heterocycles. The molecule has 2 aromatic carbocycles. The minimum absolute atomic E-state index is 0.0998. The molecule has 1 amide bonds. The molecule has 3 aromatic rings. The first-order valence-corrected chi connectivity index (χ1v) is 9.41. The van der Waals surface area contributed by atoms with E-state index in [1.165, 1.54) is 5.56 Å². The van der Waals surface area contributed by atoms with Crippen LogP contribution in [0.5, 0.6) is 11.5 Å². The molecule has 0 aliphatic carbocycles. The van der Waals surface area contributed by atoms with E-state index in [0.717, 1.165) is 23.3 Å². The Kier molecular flexibility index (Phi) is 5.06. The third-order valence-electron chi connectivity index (χ3n) is 5.30. The Labute approximate surface area is 165 Å². The second-order valence-corrected chi connectivity index (χ2v) is 6.93. The van der Waals surface area contributed by atoms with Crippen molar-refractivity contribution in [2.45, 2.75) is 19.0 Å². The molecule has 5 nitrogen and oxygen atoms in total. The van der Waals surface area contributed by atoms with Crippen LogP contribution in [0.15, 0.2) is 67.0 Å². The van der Waals surface area contributed by atoms with Gasteiger partial charge >= 0.3 is 0 Å². The second kappa shape index (κ2) is 7.80. The number of methoxy groups -OCH3 is 2. The highest BCUT2D eigenvalue weighted by Crippen LogP contribution is 2.34. The van der Waals surface area contributed by atoms with Crippen LogP contribution in [-0.4, -0.2) is 36.1 Å². The lowest BCUT2D eigenvalue weighted by molar-refractivity contribution is -0.134. The van der Waals surface area contributed by atoms with Crippen molar-refractivity contribution in [3.05, 3.63) is 83.7 Å². The average molecular weight is 376 g/mol. The summed E-state index contributed by atoms with van der Waals surface area (Å²) < 4.78 is 12.8. The molecule has 144 valence electrons. The number of rotatable bonds is 5. The van der Waals surface area contributed by atoms with E-state index in [4.69, 9.17) is 9.47 Å². The van der Waals surface area contributed by atoms with Gasteiger partial charge in [0, 0.05) is 25.5 Å². The van der Waals surface area contributed by atoms with Gasteiger partial charge in [-0.3, -0.25) is 4.79 Å². The number of carbonyl (C=O) groups is 1. The molecule has 1 aliphatic rings. The van der Waals surface area contributed by atoms with Gasteiger partial charge in [-0.2, -0.15) is 0 Å². The minimum atomic E-state index is -0.363. The molecule has 5 heteroatoms. The Morgan fingerprint density at radius 2 is 1.57 bits per heavy atom. The van der Waals surface area contributed by atoms with E-state index in [-0.39, 0.29) is 11.9 Å². The van der Waals surface area contributed by atoms with E-state index in [1.807, 2.05) is 76.5 Å². The Bertz CT molecular complexity index is 951. The molecule has 1 aliphatic heterocycles. The normalized spacial score (nSPS) is 14.3. The highest BCUT2D eigenvalue weighted by Gasteiger charge is 2.30. The minimum Gasteiger partial charge on any atom is -0.493 e. The third-order valence-corrected chi connectivity index (χ3v) is 5.30. The first kappa shape index (κ1) is 18.2. The zero-order chi connectivity index (χ0) is 19.5. The summed E-state index contributed by atoms with van der Waals surface area (Å²) in [7, 11) is 3.28. The summed E-state index contributed by atoms with van der Waals surface area (Å²) >= 11 is 0. The lowest BCUT2D eigenvalue weighted by atomic mass is 9.97. The van der Waals surface area contributed by atoms with Crippen molar-refractivity contribution in [3.63, 3.8) is 0 Å². The molecule has 0 radical (unpaired) electrons. The van der Waals surface area contributed by atoms with Gasteiger partial charge in [0.05, 0.1) is 14.2 Å². The molecule has 0 N–H and O–H groups in total. The van der Waals surface area contributed by atoms with Gasteiger partial charge < -0.3 is 18.9 Å². The SMILES string of the molecule is COc1cc2c(cc1OC)CN(C(=O)[C@@H](c1ccccc1)n1cccc1)CC2. The summed E-state index contributed by atoms with van der Waals surface area (Å²) in [5.41, 5.74) is 3.30. The molecule has 0 unspecified atom stereocenters. The van der Waals surface area contributed by atoms with Crippen LogP contribution in [0.25, 0.3) is 0 Å². The van der Waals surface area contributed by atoms with Crippen molar-refractivity contribution in [2.24, 2.45) is 0 Å². The number of carbonyl (C=O) groups excluding carboxylic acids is 1. The van der Waals surface area contributed by atoms with Crippen molar-refractivity contribution >= 4 is 5.91 Å². The lowest BCUT2D eigenvalue weighted by Crippen LogP contribution is -2.40. The van der Waals surface area contributed by atoms with Crippen molar-refractivity contribution < 1.29 is 14.3 Å². The van der Waals surface area contributed by atoms with E-state index in [1.54, 1.807) is 14.2 Å². The number of ether oxygens (including phenoxy) is 2. The fourth-order valence-electron chi connectivity index (χ4n) is 3.84. The fraction of sp³-hybridized carbons (Fsp3) is 0.261. The largest absolute Gasteiger partial charge is 0.493 e. The Morgan fingerprint density at radius 1 is 0.929 bits per heavy atom. The number of amides is 1. The summed E-state index contributed by atoms with van der Waals surface area (Å²) in [6, 6.07) is 17.5. The van der Waals surface area contributed by atoms with Crippen molar-refractivity contribution in [1.29, 1.82) is 0 Å². The first-order chi connectivity index (χ1) is 13.7. The van der Waals surface area contributed by atoms with Crippen LogP contribution in [0.2, 0.25) is 0 Å². The van der Waals surface area contributed by atoms with Crippen LogP contribution >= 0.6 is 0 Å². The Balaban J connectivity index is 1.64. The molecule has 0 bridgehead atoms.